The van der Waals surface area contributed by atoms with Gasteiger partial charge in [-0.25, -0.2) is 0 Å². The van der Waals surface area contributed by atoms with E-state index in [1.807, 2.05) is 6.92 Å². The second-order valence-corrected chi connectivity index (χ2v) is 6.07. The quantitative estimate of drug-likeness (QED) is 0.859. The molecule has 1 aliphatic rings. The summed E-state index contributed by atoms with van der Waals surface area (Å²) in [6.07, 6.45) is 0.715. The van der Waals surface area contributed by atoms with Gasteiger partial charge in [-0.1, -0.05) is 0 Å². The van der Waals surface area contributed by atoms with Gasteiger partial charge in [0.25, 0.3) is 0 Å². The van der Waals surface area contributed by atoms with Crippen LogP contribution in [0.2, 0.25) is 0 Å². The first-order valence-corrected chi connectivity index (χ1v) is 7.18. The zero-order chi connectivity index (χ0) is 14.9. The highest BCUT2D eigenvalue weighted by atomic mass is 16.5. The van der Waals surface area contributed by atoms with Crippen LogP contribution in [0.4, 0.5) is 0 Å². The van der Waals surface area contributed by atoms with Crippen molar-refractivity contribution in [2.24, 2.45) is 0 Å². The van der Waals surface area contributed by atoms with Crippen molar-refractivity contribution in [2.75, 3.05) is 34.4 Å². The monoisotopic (exact) mass is 280 g/mol. The van der Waals surface area contributed by atoms with Crippen molar-refractivity contribution >= 4 is 0 Å². The Morgan fingerprint density at radius 3 is 2.45 bits per heavy atom. The Morgan fingerprint density at radius 1 is 1.30 bits per heavy atom. The molecule has 1 aromatic rings. The van der Waals surface area contributed by atoms with Crippen LogP contribution in [0.1, 0.15) is 31.0 Å². The Labute approximate surface area is 121 Å². The number of fused-ring (bicyclic) bond motifs is 1. The van der Waals surface area contributed by atoms with E-state index in [4.69, 9.17) is 9.47 Å². The third-order valence-electron chi connectivity index (χ3n) is 4.60. The minimum Gasteiger partial charge on any atom is -0.493 e. The van der Waals surface area contributed by atoms with Crippen LogP contribution < -0.4 is 9.47 Å². The van der Waals surface area contributed by atoms with Gasteiger partial charge in [-0.3, -0.25) is 0 Å². The second-order valence-electron chi connectivity index (χ2n) is 6.07. The Hall–Kier alpha value is -1.26. The molecule has 0 spiro atoms. The molecule has 0 bridgehead atoms. The van der Waals surface area contributed by atoms with E-state index in [-0.39, 0.29) is 6.10 Å². The number of likely N-dealkylation sites (N-methyl/N-ethyl adjacent to an activating group) is 1. The summed E-state index contributed by atoms with van der Waals surface area (Å²) in [7, 11) is 5.56. The van der Waals surface area contributed by atoms with Gasteiger partial charge >= 0.3 is 0 Å². The van der Waals surface area contributed by atoms with E-state index in [2.05, 4.69) is 26.1 Å². The minimum absolute atomic E-state index is 0.288. The first-order valence-electron chi connectivity index (χ1n) is 7.18. The molecule has 20 heavy (non-hydrogen) atoms. The second kappa shape index (κ2) is 5.62. The molecule has 4 nitrogen and oxygen atoms in total. The first-order chi connectivity index (χ1) is 9.41. The minimum atomic E-state index is -0.288. The van der Waals surface area contributed by atoms with Gasteiger partial charge in [-0.15, -0.1) is 0 Å². The molecule has 112 valence electrons. The number of hydrogen-bond donors (Lipinski definition) is 1. The molecule has 1 aromatic carbocycles. The van der Waals surface area contributed by atoms with E-state index in [1.54, 1.807) is 14.2 Å². The zero-order valence-electron chi connectivity index (χ0n) is 13.1. The van der Waals surface area contributed by atoms with Crippen LogP contribution in [0, 0.1) is 0 Å². The molecule has 1 unspecified atom stereocenters. The molecule has 3 atom stereocenters. The van der Waals surface area contributed by atoms with Crippen molar-refractivity contribution in [1.29, 1.82) is 0 Å². The topological polar surface area (TPSA) is 38.7 Å². The van der Waals surface area contributed by atoms with Crippen LogP contribution in [0.5, 0.6) is 11.5 Å². The van der Waals surface area contributed by atoms with Crippen LogP contribution in [-0.2, 0) is 6.42 Å². The number of benzene rings is 1. The molecule has 0 saturated heterocycles. The summed E-state index contributed by atoms with van der Waals surface area (Å²) < 4.78 is 11.7. The molecule has 1 aliphatic heterocycles. The van der Waals surface area contributed by atoms with Gasteiger partial charge in [-0.05, 0) is 31.5 Å². The van der Waals surface area contributed by atoms with Gasteiger partial charge in [0, 0.05) is 12.0 Å². The number of quaternary nitrogens is 1. The van der Waals surface area contributed by atoms with E-state index in [0.29, 0.717) is 6.04 Å². The maximum atomic E-state index is 9.76. The van der Waals surface area contributed by atoms with E-state index >= 15 is 0 Å². The maximum Gasteiger partial charge on any atom is 0.161 e. The third-order valence-corrected chi connectivity index (χ3v) is 4.60. The molecule has 4 heteroatoms. The number of nitrogens with zero attached hydrogens (tertiary/aromatic N) is 1. The number of aliphatic hydroxyl groups is 1. The summed E-state index contributed by atoms with van der Waals surface area (Å²) in [5.74, 6) is 1.58. The van der Waals surface area contributed by atoms with Crippen LogP contribution in [-0.4, -0.2) is 50.1 Å². The molecule has 0 aromatic heterocycles. The lowest BCUT2D eigenvalue weighted by Crippen LogP contribution is -2.53. The van der Waals surface area contributed by atoms with Crippen molar-refractivity contribution < 1.29 is 19.1 Å². The van der Waals surface area contributed by atoms with Gasteiger partial charge in [-0.2, -0.15) is 0 Å². The molecule has 1 N–H and O–H groups in total. The van der Waals surface area contributed by atoms with E-state index in [0.717, 1.165) is 35.5 Å². The number of hydrogen-bond acceptors (Lipinski definition) is 3. The number of rotatable bonds is 4. The van der Waals surface area contributed by atoms with Crippen LogP contribution in [0.15, 0.2) is 12.1 Å². The third kappa shape index (κ3) is 2.63. The van der Waals surface area contributed by atoms with Gasteiger partial charge in [0.05, 0.1) is 27.8 Å². The summed E-state index contributed by atoms with van der Waals surface area (Å²) >= 11 is 0. The van der Waals surface area contributed by atoms with Crippen LogP contribution >= 0.6 is 0 Å². The van der Waals surface area contributed by atoms with Gasteiger partial charge in [0.1, 0.15) is 18.7 Å². The van der Waals surface area contributed by atoms with Crippen molar-refractivity contribution in [3.63, 3.8) is 0 Å². The molecular weight excluding hydrogens is 254 g/mol. The van der Waals surface area contributed by atoms with E-state index < -0.39 is 0 Å². The zero-order valence-corrected chi connectivity index (χ0v) is 13.1. The smallest absolute Gasteiger partial charge is 0.161 e. The Morgan fingerprint density at radius 2 is 1.90 bits per heavy atom. The highest BCUT2D eigenvalue weighted by Crippen LogP contribution is 2.40. The fourth-order valence-electron chi connectivity index (χ4n) is 3.30. The fraction of sp³-hybridized carbons (Fsp3) is 0.625. The molecule has 0 aliphatic carbocycles. The molecule has 0 radical (unpaired) electrons. The molecule has 2 rings (SSSR count). The Kier molecular flexibility index (Phi) is 4.25. The van der Waals surface area contributed by atoms with Crippen molar-refractivity contribution in [2.45, 2.75) is 32.4 Å². The largest absolute Gasteiger partial charge is 0.493 e. The predicted molar refractivity (Wildman–Crippen MR) is 79.3 cm³/mol. The summed E-state index contributed by atoms with van der Waals surface area (Å²) in [5.41, 5.74) is 2.63. The average Bonchev–Trinajstić information content (AvgIpc) is 2.41. The van der Waals surface area contributed by atoms with Crippen LogP contribution in [0.3, 0.4) is 0 Å². The first kappa shape index (κ1) is 15.1. The highest BCUT2D eigenvalue weighted by Gasteiger charge is 2.37. The van der Waals surface area contributed by atoms with Crippen molar-refractivity contribution in [3.8, 4) is 11.5 Å². The molecule has 0 saturated carbocycles. The van der Waals surface area contributed by atoms with Gasteiger partial charge in [0.15, 0.2) is 11.5 Å². The van der Waals surface area contributed by atoms with Crippen molar-refractivity contribution in [3.05, 3.63) is 23.3 Å². The summed E-state index contributed by atoms with van der Waals surface area (Å²) in [6.45, 7) is 5.90. The van der Waals surface area contributed by atoms with Crippen LogP contribution in [0.25, 0.3) is 0 Å². The summed E-state index contributed by atoms with van der Waals surface area (Å²) in [4.78, 5) is 0. The Bertz CT molecular complexity index is 487. The Balaban J connectivity index is 2.41. The van der Waals surface area contributed by atoms with E-state index in [1.165, 1.54) is 11.1 Å². The molecule has 0 fully saturated rings. The lowest BCUT2D eigenvalue weighted by molar-refractivity contribution is -0.942. The lowest BCUT2D eigenvalue weighted by atomic mass is 9.90. The highest BCUT2D eigenvalue weighted by molar-refractivity contribution is 5.48. The van der Waals surface area contributed by atoms with Crippen molar-refractivity contribution in [1.82, 2.24) is 0 Å². The number of ether oxygens (including phenoxy) is 2. The standard InChI is InChI=1S/C16H26NO3/c1-11(18)10-17(3)7-6-13-8-15(19-4)16(20-5)9-14(13)12(17)2/h8-9,11-12,18H,6-7,10H2,1-5H3/q+1/t11-,12-,17?/m0/s1. The maximum absolute atomic E-state index is 9.76. The predicted octanol–water partition coefficient (Wildman–Crippen LogP) is 2.15. The number of aliphatic hydroxyl groups excluding tert-OH is 1. The summed E-state index contributed by atoms with van der Waals surface area (Å²) in [6, 6.07) is 4.53. The van der Waals surface area contributed by atoms with Gasteiger partial charge < -0.3 is 19.1 Å². The molecular formula is C16H26NO3+. The fourth-order valence-corrected chi connectivity index (χ4v) is 3.30. The average molecular weight is 280 g/mol. The van der Waals surface area contributed by atoms with Gasteiger partial charge in [0.2, 0.25) is 0 Å². The lowest BCUT2D eigenvalue weighted by Gasteiger charge is -2.45. The molecule has 0 amide bonds. The normalized spacial score (nSPS) is 26.8. The summed E-state index contributed by atoms with van der Waals surface area (Å²) in [5, 5.41) is 9.76. The molecule has 1 heterocycles. The number of methoxy groups -OCH3 is 2. The SMILES string of the molecule is COc1cc2c(cc1OC)[C@H](C)[N+](C)(C[C@H](C)O)CC2. The van der Waals surface area contributed by atoms with E-state index in [9.17, 15) is 5.11 Å².